The molecule has 0 atom stereocenters. The summed E-state index contributed by atoms with van der Waals surface area (Å²) >= 11 is 0. The monoisotopic (exact) mass is 220 g/mol. The minimum Gasteiger partial charge on any atom is -0.478 e. The third-order valence-corrected chi connectivity index (χ3v) is 2.60. The Morgan fingerprint density at radius 3 is 2.81 bits per heavy atom. The van der Waals surface area contributed by atoms with Crippen LogP contribution < -0.4 is 0 Å². The lowest BCUT2D eigenvalue weighted by molar-refractivity contribution is -0.128. The second kappa shape index (κ2) is 4.30. The van der Waals surface area contributed by atoms with Crippen molar-refractivity contribution >= 4 is 11.9 Å². The Hall–Kier alpha value is -1.91. The summed E-state index contributed by atoms with van der Waals surface area (Å²) in [5.41, 5.74) is 0.886. The van der Waals surface area contributed by atoms with Crippen LogP contribution in [-0.4, -0.2) is 33.4 Å². The fourth-order valence-corrected chi connectivity index (χ4v) is 1.71. The Kier molecular flexibility index (Phi) is 2.85. The summed E-state index contributed by atoms with van der Waals surface area (Å²) in [5.74, 6) is -0.847. The zero-order chi connectivity index (χ0) is 11.5. The lowest BCUT2D eigenvalue weighted by Gasteiger charge is -2.14. The number of carbonyl (C=O) groups excluding carboxylic acids is 1. The van der Waals surface area contributed by atoms with E-state index in [9.17, 15) is 9.59 Å². The van der Waals surface area contributed by atoms with Crippen LogP contribution in [0.4, 0.5) is 0 Å². The van der Waals surface area contributed by atoms with E-state index in [1.54, 1.807) is 11.0 Å². The van der Waals surface area contributed by atoms with Crippen molar-refractivity contribution in [1.82, 2.24) is 9.88 Å². The first-order chi connectivity index (χ1) is 7.66. The molecule has 0 spiro atoms. The average Bonchev–Trinajstić information content (AvgIpc) is 2.65. The van der Waals surface area contributed by atoms with E-state index in [0.717, 1.165) is 18.7 Å². The van der Waals surface area contributed by atoms with E-state index in [1.807, 2.05) is 0 Å². The summed E-state index contributed by atoms with van der Waals surface area (Å²) in [6, 6.07) is 3.15. The third-order valence-electron chi connectivity index (χ3n) is 2.60. The highest BCUT2D eigenvalue weighted by Gasteiger charge is 2.20. The van der Waals surface area contributed by atoms with Crippen LogP contribution in [0.2, 0.25) is 0 Å². The van der Waals surface area contributed by atoms with Crippen LogP contribution in [0.3, 0.4) is 0 Å². The number of hydrogen-bond acceptors (Lipinski definition) is 3. The topological polar surface area (TPSA) is 70.5 Å². The Bertz CT molecular complexity index is 414. The maximum absolute atomic E-state index is 11.4. The maximum Gasteiger partial charge on any atom is 0.337 e. The van der Waals surface area contributed by atoms with Crippen molar-refractivity contribution in [1.29, 1.82) is 0 Å². The number of carboxylic acid groups (broad SMARTS) is 1. The van der Waals surface area contributed by atoms with Crippen molar-refractivity contribution in [2.24, 2.45) is 0 Å². The molecule has 0 aliphatic carbocycles. The summed E-state index contributed by atoms with van der Waals surface area (Å²) in [6.07, 6.45) is 2.82. The molecule has 0 aromatic carbocycles. The number of nitrogens with zero attached hydrogens (tertiary/aromatic N) is 2. The number of rotatable bonds is 3. The van der Waals surface area contributed by atoms with Gasteiger partial charge in [0, 0.05) is 19.2 Å². The molecule has 1 aromatic rings. The molecule has 1 aliphatic heterocycles. The molecule has 84 valence electrons. The van der Waals surface area contributed by atoms with Crippen LogP contribution >= 0.6 is 0 Å². The zero-order valence-corrected chi connectivity index (χ0v) is 8.72. The van der Waals surface area contributed by atoms with Crippen LogP contribution in [0, 0.1) is 0 Å². The zero-order valence-electron chi connectivity index (χ0n) is 8.72. The minimum absolute atomic E-state index is 0.143. The molecule has 5 nitrogen and oxygen atoms in total. The summed E-state index contributed by atoms with van der Waals surface area (Å²) in [6.45, 7) is 1.24. The fraction of sp³-hybridized carbons (Fsp3) is 0.364. The largest absolute Gasteiger partial charge is 0.478 e. The normalized spacial score (nSPS) is 15.5. The van der Waals surface area contributed by atoms with Gasteiger partial charge >= 0.3 is 5.97 Å². The highest BCUT2D eigenvalue weighted by Crippen LogP contribution is 2.13. The summed E-state index contributed by atoms with van der Waals surface area (Å²) < 4.78 is 0. The first-order valence-corrected chi connectivity index (χ1v) is 5.13. The van der Waals surface area contributed by atoms with E-state index < -0.39 is 5.97 Å². The van der Waals surface area contributed by atoms with Gasteiger partial charge in [0.25, 0.3) is 0 Å². The molecule has 1 fully saturated rings. The van der Waals surface area contributed by atoms with Crippen LogP contribution in [-0.2, 0) is 11.3 Å². The van der Waals surface area contributed by atoms with Crippen molar-refractivity contribution in [2.45, 2.75) is 19.4 Å². The quantitative estimate of drug-likeness (QED) is 0.821. The molecular formula is C11H12N2O3. The van der Waals surface area contributed by atoms with Gasteiger partial charge in [0.2, 0.25) is 5.91 Å². The first kappa shape index (κ1) is 10.6. The number of likely N-dealkylation sites (tertiary alicyclic amines) is 1. The summed E-state index contributed by atoms with van der Waals surface area (Å²) in [5, 5.41) is 8.70. The van der Waals surface area contributed by atoms with Gasteiger partial charge < -0.3 is 10.0 Å². The van der Waals surface area contributed by atoms with Gasteiger partial charge in [0.1, 0.15) is 0 Å². The van der Waals surface area contributed by atoms with E-state index >= 15 is 0 Å². The van der Waals surface area contributed by atoms with E-state index in [4.69, 9.17) is 5.11 Å². The van der Waals surface area contributed by atoms with Crippen LogP contribution in [0.25, 0.3) is 0 Å². The van der Waals surface area contributed by atoms with E-state index in [0.29, 0.717) is 13.0 Å². The number of carboxylic acids is 1. The molecule has 2 rings (SSSR count). The number of aromatic nitrogens is 1. The standard InChI is InChI=1S/C11H12N2O3/c14-10-2-1-5-13(10)7-9-4-3-8(6-12-9)11(15)16/h3-4,6H,1-2,5,7H2,(H,15,16). The number of hydrogen-bond donors (Lipinski definition) is 1. The van der Waals surface area contributed by atoms with E-state index in [2.05, 4.69) is 4.98 Å². The minimum atomic E-state index is -0.990. The number of carbonyl (C=O) groups is 2. The SMILES string of the molecule is O=C(O)c1ccc(CN2CCCC2=O)nc1. The average molecular weight is 220 g/mol. The number of amides is 1. The molecule has 1 saturated heterocycles. The van der Waals surface area contributed by atoms with Gasteiger partial charge in [-0.3, -0.25) is 9.78 Å². The van der Waals surface area contributed by atoms with E-state index in [-0.39, 0.29) is 11.5 Å². The van der Waals surface area contributed by atoms with Gasteiger partial charge in [-0.05, 0) is 18.6 Å². The molecule has 0 unspecified atom stereocenters. The predicted molar refractivity (Wildman–Crippen MR) is 55.8 cm³/mol. The van der Waals surface area contributed by atoms with Gasteiger partial charge in [0.15, 0.2) is 0 Å². The Morgan fingerprint density at radius 2 is 2.31 bits per heavy atom. The second-order valence-corrected chi connectivity index (χ2v) is 3.76. The first-order valence-electron chi connectivity index (χ1n) is 5.13. The smallest absolute Gasteiger partial charge is 0.337 e. The van der Waals surface area contributed by atoms with Crippen LogP contribution in [0.1, 0.15) is 28.9 Å². The second-order valence-electron chi connectivity index (χ2n) is 3.76. The predicted octanol–water partition coefficient (Wildman–Crippen LogP) is 0.902. The maximum atomic E-state index is 11.4. The van der Waals surface area contributed by atoms with Crippen molar-refractivity contribution in [3.63, 3.8) is 0 Å². The van der Waals surface area contributed by atoms with Crippen molar-refractivity contribution in [3.05, 3.63) is 29.6 Å². The lowest BCUT2D eigenvalue weighted by Crippen LogP contribution is -2.24. The molecule has 0 saturated carbocycles. The Morgan fingerprint density at radius 1 is 1.50 bits per heavy atom. The van der Waals surface area contributed by atoms with Gasteiger partial charge in [-0.2, -0.15) is 0 Å². The van der Waals surface area contributed by atoms with Gasteiger partial charge in [-0.1, -0.05) is 0 Å². The van der Waals surface area contributed by atoms with Gasteiger partial charge in [-0.25, -0.2) is 4.79 Å². The Labute approximate surface area is 92.7 Å². The van der Waals surface area contributed by atoms with Crippen molar-refractivity contribution in [2.75, 3.05) is 6.54 Å². The molecular weight excluding hydrogens is 208 g/mol. The summed E-state index contributed by atoms with van der Waals surface area (Å²) in [4.78, 5) is 27.7. The molecule has 1 amide bonds. The Balaban J connectivity index is 2.05. The third kappa shape index (κ3) is 2.18. The van der Waals surface area contributed by atoms with E-state index in [1.165, 1.54) is 12.3 Å². The fourth-order valence-electron chi connectivity index (χ4n) is 1.71. The highest BCUT2D eigenvalue weighted by molar-refractivity contribution is 5.87. The van der Waals surface area contributed by atoms with Crippen LogP contribution in [0.15, 0.2) is 18.3 Å². The molecule has 1 aliphatic rings. The highest BCUT2D eigenvalue weighted by atomic mass is 16.4. The molecule has 0 radical (unpaired) electrons. The van der Waals surface area contributed by atoms with Crippen molar-refractivity contribution < 1.29 is 14.7 Å². The van der Waals surface area contributed by atoms with Gasteiger partial charge in [-0.15, -0.1) is 0 Å². The number of pyridine rings is 1. The molecule has 5 heteroatoms. The van der Waals surface area contributed by atoms with Crippen LogP contribution in [0.5, 0.6) is 0 Å². The summed E-state index contributed by atoms with van der Waals surface area (Å²) in [7, 11) is 0. The molecule has 1 N–H and O–H groups in total. The van der Waals surface area contributed by atoms with Crippen molar-refractivity contribution in [3.8, 4) is 0 Å². The molecule has 0 bridgehead atoms. The molecule has 16 heavy (non-hydrogen) atoms. The lowest BCUT2D eigenvalue weighted by atomic mass is 10.2. The number of aromatic carboxylic acids is 1. The molecule has 2 heterocycles. The van der Waals surface area contributed by atoms with Gasteiger partial charge in [0.05, 0.1) is 17.8 Å². The molecule has 1 aromatic heterocycles.